The van der Waals surface area contributed by atoms with Crippen molar-refractivity contribution in [3.05, 3.63) is 53.3 Å². The van der Waals surface area contributed by atoms with Gasteiger partial charge in [-0.25, -0.2) is 4.79 Å². The van der Waals surface area contributed by atoms with E-state index in [9.17, 15) is 4.79 Å². The van der Waals surface area contributed by atoms with E-state index in [2.05, 4.69) is 24.0 Å². The molecule has 4 nitrogen and oxygen atoms in total. The summed E-state index contributed by atoms with van der Waals surface area (Å²) in [4.78, 5) is 10.9. The number of rotatable bonds is 4. The number of nitrogens with zero attached hydrogens (tertiary/aromatic N) is 1. The number of carboxylic acids is 1. The van der Waals surface area contributed by atoms with Gasteiger partial charge in [-0.15, -0.1) is 0 Å². The monoisotopic (exact) mass is 244 g/mol. The molecule has 2 rings (SSSR count). The molecule has 1 aromatic carbocycles. The molecule has 2 aromatic rings. The molecule has 2 N–H and O–H groups in total. The van der Waals surface area contributed by atoms with E-state index in [0.29, 0.717) is 5.92 Å². The summed E-state index contributed by atoms with van der Waals surface area (Å²) in [6.07, 6.45) is 0. The van der Waals surface area contributed by atoms with Crippen molar-refractivity contribution in [2.75, 3.05) is 0 Å². The Morgan fingerprint density at radius 2 is 1.94 bits per heavy atom. The summed E-state index contributed by atoms with van der Waals surface area (Å²) in [5.41, 5.74) is 2.06. The van der Waals surface area contributed by atoms with Crippen LogP contribution in [0.1, 0.15) is 41.5 Å². The first-order valence-corrected chi connectivity index (χ1v) is 5.93. The first-order chi connectivity index (χ1) is 8.59. The number of aromatic nitrogens is 2. The lowest BCUT2D eigenvalue weighted by atomic mass is 9.86. The highest BCUT2D eigenvalue weighted by molar-refractivity contribution is 5.85. The number of H-pyrrole nitrogens is 1. The molecule has 0 aliphatic carbocycles. The Kier molecular flexibility index (Phi) is 3.46. The Balaban J connectivity index is 2.39. The summed E-state index contributed by atoms with van der Waals surface area (Å²) < 4.78 is 0. The van der Waals surface area contributed by atoms with Gasteiger partial charge in [0, 0.05) is 11.6 Å². The number of carbonyl (C=O) groups is 1. The summed E-state index contributed by atoms with van der Waals surface area (Å²) >= 11 is 0. The van der Waals surface area contributed by atoms with E-state index in [-0.39, 0.29) is 11.6 Å². The van der Waals surface area contributed by atoms with Gasteiger partial charge < -0.3 is 5.11 Å². The SMILES string of the molecule is CC(C)C(c1ccccc1)c1cc(C(=O)O)n[nH]1. The van der Waals surface area contributed by atoms with Crippen LogP contribution in [0.5, 0.6) is 0 Å². The van der Waals surface area contributed by atoms with Crippen LogP contribution in [-0.4, -0.2) is 21.3 Å². The Morgan fingerprint density at radius 1 is 1.28 bits per heavy atom. The van der Waals surface area contributed by atoms with E-state index in [1.54, 1.807) is 6.07 Å². The minimum absolute atomic E-state index is 0.0616. The Labute approximate surface area is 106 Å². The van der Waals surface area contributed by atoms with Gasteiger partial charge in [0.15, 0.2) is 5.69 Å². The number of hydrogen-bond donors (Lipinski definition) is 2. The van der Waals surface area contributed by atoms with Crippen molar-refractivity contribution < 1.29 is 9.90 Å². The number of benzene rings is 1. The largest absolute Gasteiger partial charge is 0.476 e. The fraction of sp³-hybridized carbons (Fsp3) is 0.286. The molecule has 0 saturated heterocycles. The second-order valence-corrected chi connectivity index (χ2v) is 4.65. The molecule has 1 atom stereocenters. The maximum Gasteiger partial charge on any atom is 0.356 e. The van der Waals surface area contributed by atoms with Gasteiger partial charge >= 0.3 is 5.97 Å². The van der Waals surface area contributed by atoms with Crippen LogP contribution in [0, 0.1) is 5.92 Å². The average molecular weight is 244 g/mol. The van der Waals surface area contributed by atoms with Gasteiger partial charge in [-0.1, -0.05) is 44.2 Å². The smallest absolute Gasteiger partial charge is 0.356 e. The molecule has 94 valence electrons. The summed E-state index contributed by atoms with van der Waals surface area (Å²) in [5.74, 6) is -0.519. The van der Waals surface area contributed by atoms with Crippen molar-refractivity contribution in [2.24, 2.45) is 5.92 Å². The molecule has 0 fully saturated rings. The van der Waals surface area contributed by atoms with Crippen LogP contribution < -0.4 is 0 Å². The molecule has 0 aliphatic rings. The van der Waals surface area contributed by atoms with Crippen LogP contribution in [0.25, 0.3) is 0 Å². The number of hydrogen-bond acceptors (Lipinski definition) is 2. The van der Waals surface area contributed by atoms with Crippen molar-refractivity contribution >= 4 is 5.97 Å². The standard InChI is InChI=1S/C14H16N2O2/c1-9(2)13(10-6-4-3-5-7-10)11-8-12(14(17)18)16-15-11/h3-9,13H,1-2H3,(H,15,16)(H,17,18). The van der Waals surface area contributed by atoms with Gasteiger partial charge in [0.05, 0.1) is 0 Å². The van der Waals surface area contributed by atoms with Gasteiger partial charge in [0.25, 0.3) is 0 Å². The minimum Gasteiger partial charge on any atom is -0.476 e. The lowest BCUT2D eigenvalue weighted by molar-refractivity contribution is 0.0690. The van der Waals surface area contributed by atoms with Gasteiger partial charge in [0.1, 0.15) is 0 Å². The summed E-state index contributed by atoms with van der Waals surface area (Å²) in [7, 11) is 0. The molecular weight excluding hydrogens is 228 g/mol. The van der Waals surface area contributed by atoms with Crippen LogP contribution >= 0.6 is 0 Å². The second-order valence-electron chi connectivity index (χ2n) is 4.65. The molecule has 1 heterocycles. The Hall–Kier alpha value is -2.10. The maximum absolute atomic E-state index is 10.9. The third kappa shape index (κ3) is 2.42. The zero-order chi connectivity index (χ0) is 13.1. The highest BCUT2D eigenvalue weighted by Gasteiger charge is 2.21. The van der Waals surface area contributed by atoms with Crippen molar-refractivity contribution in [1.29, 1.82) is 0 Å². The number of carboxylic acid groups (broad SMARTS) is 1. The van der Waals surface area contributed by atoms with Crippen LogP contribution in [0.2, 0.25) is 0 Å². The highest BCUT2D eigenvalue weighted by atomic mass is 16.4. The highest BCUT2D eigenvalue weighted by Crippen LogP contribution is 2.30. The molecular formula is C14H16N2O2. The molecule has 0 radical (unpaired) electrons. The Bertz CT molecular complexity index is 532. The maximum atomic E-state index is 10.9. The van der Waals surface area contributed by atoms with Crippen molar-refractivity contribution in [3.63, 3.8) is 0 Å². The quantitative estimate of drug-likeness (QED) is 0.869. The molecule has 0 aliphatic heterocycles. The summed E-state index contributed by atoms with van der Waals surface area (Å²) in [5, 5.41) is 15.6. The third-order valence-corrected chi connectivity index (χ3v) is 2.98. The molecule has 18 heavy (non-hydrogen) atoms. The number of aromatic amines is 1. The normalized spacial score (nSPS) is 12.6. The van der Waals surface area contributed by atoms with Gasteiger partial charge in [0.2, 0.25) is 0 Å². The fourth-order valence-corrected chi connectivity index (χ4v) is 2.19. The first kappa shape index (κ1) is 12.4. The average Bonchev–Trinajstić information content (AvgIpc) is 2.79. The van der Waals surface area contributed by atoms with Crippen molar-refractivity contribution in [2.45, 2.75) is 19.8 Å². The Morgan fingerprint density at radius 3 is 2.44 bits per heavy atom. The van der Waals surface area contributed by atoms with Crippen LogP contribution in [0.4, 0.5) is 0 Å². The summed E-state index contributed by atoms with van der Waals surface area (Å²) in [6.45, 7) is 4.22. The number of nitrogens with one attached hydrogen (secondary N) is 1. The molecule has 4 heteroatoms. The molecule has 1 unspecified atom stereocenters. The summed E-state index contributed by atoms with van der Waals surface area (Å²) in [6, 6.07) is 11.6. The zero-order valence-electron chi connectivity index (χ0n) is 10.4. The lowest BCUT2D eigenvalue weighted by Crippen LogP contribution is -2.09. The van der Waals surface area contributed by atoms with E-state index < -0.39 is 5.97 Å². The first-order valence-electron chi connectivity index (χ1n) is 5.93. The third-order valence-electron chi connectivity index (χ3n) is 2.98. The molecule has 0 spiro atoms. The topological polar surface area (TPSA) is 66.0 Å². The van der Waals surface area contributed by atoms with Crippen molar-refractivity contribution in [1.82, 2.24) is 10.2 Å². The van der Waals surface area contributed by atoms with E-state index in [1.807, 2.05) is 30.3 Å². The van der Waals surface area contributed by atoms with E-state index in [1.165, 1.54) is 0 Å². The van der Waals surface area contributed by atoms with Gasteiger partial charge in [-0.3, -0.25) is 5.10 Å². The van der Waals surface area contributed by atoms with Crippen LogP contribution in [-0.2, 0) is 0 Å². The van der Waals surface area contributed by atoms with Crippen molar-refractivity contribution in [3.8, 4) is 0 Å². The minimum atomic E-state index is -1.01. The number of aromatic carboxylic acids is 1. The molecule has 1 aromatic heterocycles. The predicted molar refractivity (Wildman–Crippen MR) is 68.7 cm³/mol. The fourth-order valence-electron chi connectivity index (χ4n) is 2.19. The second kappa shape index (κ2) is 5.04. The predicted octanol–water partition coefficient (Wildman–Crippen LogP) is 2.90. The van der Waals surface area contributed by atoms with Crippen LogP contribution in [0.15, 0.2) is 36.4 Å². The van der Waals surface area contributed by atoms with E-state index in [0.717, 1.165) is 11.3 Å². The van der Waals surface area contributed by atoms with Gasteiger partial charge in [-0.2, -0.15) is 5.10 Å². The van der Waals surface area contributed by atoms with Crippen LogP contribution in [0.3, 0.4) is 0 Å². The van der Waals surface area contributed by atoms with Gasteiger partial charge in [-0.05, 0) is 17.5 Å². The van der Waals surface area contributed by atoms with E-state index >= 15 is 0 Å². The zero-order valence-corrected chi connectivity index (χ0v) is 10.4. The lowest BCUT2D eigenvalue weighted by Gasteiger charge is -2.19. The molecule has 0 amide bonds. The van der Waals surface area contributed by atoms with E-state index in [4.69, 9.17) is 5.11 Å². The molecule has 0 bridgehead atoms. The molecule has 0 saturated carbocycles.